The zero-order valence-electron chi connectivity index (χ0n) is 17.8. The molecule has 1 unspecified atom stereocenters. The maximum absolute atomic E-state index is 13.0. The minimum absolute atomic E-state index is 0.000337. The van der Waals surface area contributed by atoms with Crippen molar-refractivity contribution in [2.45, 2.75) is 26.3 Å². The molecule has 0 radical (unpaired) electrons. The summed E-state index contributed by atoms with van der Waals surface area (Å²) in [4.78, 5) is 38.4. The van der Waals surface area contributed by atoms with E-state index in [0.29, 0.717) is 54.6 Å². The fraction of sp³-hybridized carbons (Fsp3) is 0.292. The van der Waals surface area contributed by atoms with Gasteiger partial charge in [-0.05, 0) is 42.3 Å². The Bertz CT molecular complexity index is 1100. The summed E-state index contributed by atoms with van der Waals surface area (Å²) in [7, 11) is 0. The maximum atomic E-state index is 13.0. The highest BCUT2D eigenvalue weighted by atomic mass is 16.6. The van der Waals surface area contributed by atoms with Crippen molar-refractivity contribution < 1.29 is 33.7 Å². The van der Waals surface area contributed by atoms with Gasteiger partial charge in [-0.3, -0.25) is 14.4 Å². The van der Waals surface area contributed by atoms with E-state index in [1.165, 1.54) is 11.8 Å². The van der Waals surface area contributed by atoms with Gasteiger partial charge in [0.15, 0.2) is 11.5 Å². The van der Waals surface area contributed by atoms with Crippen LogP contribution in [-0.4, -0.2) is 47.4 Å². The van der Waals surface area contributed by atoms with E-state index < -0.39 is 23.7 Å². The van der Waals surface area contributed by atoms with Gasteiger partial charge in [0.05, 0.1) is 11.6 Å². The number of amides is 1. The average Bonchev–Trinajstić information content (AvgIpc) is 3.03. The summed E-state index contributed by atoms with van der Waals surface area (Å²) < 4.78 is 16.2. The lowest BCUT2D eigenvalue weighted by molar-refractivity contribution is -0.139. The monoisotopic (exact) mass is 437 g/mol. The zero-order valence-corrected chi connectivity index (χ0v) is 17.8. The van der Waals surface area contributed by atoms with Crippen molar-refractivity contribution in [3.63, 3.8) is 0 Å². The highest BCUT2D eigenvalue weighted by Crippen LogP contribution is 2.41. The third-order valence-corrected chi connectivity index (χ3v) is 5.28. The predicted octanol–water partition coefficient (Wildman–Crippen LogP) is 3.21. The van der Waals surface area contributed by atoms with Crippen LogP contribution in [0.25, 0.3) is 5.76 Å². The number of benzene rings is 2. The van der Waals surface area contributed by atoms with Crippen LogP contribution in [0, 0.1) is 0 Å². The fourth-order valence-electron chi connectivity index (χ4n) is 3.93. The molecule has 2 aliphatic heterocycles. The van der Waals surface area contributed by atoms with E-state index in [0.717, 1.165) is 0 Å². The molecule has 0 aliphatic carbocycles. The summed E-state index contributed by atoms with van der Waals surface area (Å²) in [6, 6.07) is 10.6. The van der Waals surface area contributed by atoms with Crippen molar-refractivity contribution in [2.24, 2.45) is 0 Å². The number of aliphatic hydroxyl groups excluding tert-OH is 1. The van der Waals surface area contributed by atoms with E-state index in [1.54, 1.807) is 42.5 Å². The number of fused-ring (bicyclic) bond motifs is 1. The molecule has 2 aromatic carbocycles. The van der Waals surface area contributed by atoms with Gasteiger partial charge in [-0.1, -0.05) is 19.1 Å². The van der Waals surface area contributed by atoms with Crippen molar-refractivity contribution in [1.29, 1.82) is 0 Å². The molecule has 1 saturated heterocycles. The van der Waals surface area contributed by atoms with Gasteiger partial charge in [0.2, 0.25) is 0 Å². The lowest BCUT2D eigenvalue weighted by Crippen LogP contribution is -2.30. The van der Waals surface area contributed by atoms with Crippen LogP contribution >= 0.6 is 0 Å². The molecule has 1 amide bonds. The lowest BCUT2D eigenvalue weighted by Gasteiger charge is -2.25. The van der Waals surface area contributed by atoms with Crippen LogP contribution < -0.4 is 14.2 Å². The molecule has 0 bridgehead atoms. The van der Waals surface area contributed by atoms with E-state index in [1.807, 2.05) is 6.92 Å². The van der Waals surface area contributed by atoms with Crippen LogP contribution in [0.3, 0.4) is 0 Å². The number of ketones is 1. The van der Waals surface area contributed by atoms with Crippen LogP contribution in [0.2, 0.25) is 0 Å². The Morgan fingerprint density at radius 2 is 1.78 bits per heavy atom. The molecule has 8 heteroatoms. The largest absolute Gasteiger partial charge is 0.507 e. The molecule has 2 heterocycles. The van der Waals surface area contributed by atoms with Gasteiger partial charge in [-0.2, -0.15) is 0 Å². The van der Waals surface area contributed by atoms with Gasteiger partial charge in [0, 0.05) is 19.0 Å². The second-order valence-corrected chi connectivity index (χ2v) is 7.51. The van der Waals surface area contributed by atoms with Gasteiger partial charge < -0.3 is 24.2 Å². The molecule has 32 heavy (non-hydrogen) atoms. The molecule has 0 aromatic heterocycles. The quantitative estimate of drug-likeness (QED) is 0.252. The third kappa shape index (κ3) is 3.91. The fourth-order valence-corrected chi connectivity index (χ4v) is 3.93. The number of rotatable bonds is 5. The molecule has 1 atom stereocenters. The van der Waals surface area contributed by atoms with Crippen molar-refractivity contribution in [3.8, 4) is 17.2 Å². The smallest absolute Gasteiger partial charge is 0.308 e. The molecule has 1 N–H and O–H groups in total. The SMILES string of the molecule is CCCN1C(=O)C(=O)/C(=C(\O)c2ccc3c(c2)OCCO3)C1c1ccc(OC(C)=O)cc1. The van der Waals surface area contributed by atoms with Crippen LogP contribution in [0.4, 0.5) is 0 Å². The molecule has 2 aromatic rings. The molecule has 166 valence electrons. The number of ether oxygens (including phenoxy) is 3. The molecule has 2 aliphatic rings. The second kappa shape index (κ2) is 8.74. The third-order valence-electron chi connectivity index (χ3n) is 5.28. The molecule has 1 fully saturated rings. The van der Waals surface area contributed by atoms with Gasteiger partial charge >= 0.3 is 5.97 Å². The summed E-state index contributed by atoms with van der Waals surface area (Å²) in [5, 5.41) is 11.1. The van der Waals surface area contributed by atoms with Gasteiger partial charge in [-0.15, -0.1) is 0 Å². The molecule has 8 nitrogen and oxygen atoms in total. The standard InChI is InChI=1S/C24H23NO7/c1-3-10-25-21(15-4-7-17(8-5-15)32-14(2)26)20(23(28)24(25)29)22(27)16-6-9-18-19(13-16)31-12-11-30-18/h4-9,13,21,27H,3,10-12H2,1-2H3/b22-20-. The molecular formula is C24H23NO7. The summed E-state index contributed by atoms with van der Waals surface area (Å²) >= 11 is 0. The topological polar surface area (TPSA) is 102 Å². The number of carbonyl (C=O) groups excluding carboxylic acids is 3. The Labute approximate surface area is 185 Å². The minimum Gasteiger partial charge on any atom is -0.507 e. The zero-order chi connectivity index (χ0) is 22.8. The first kappa shape index (κ1) is 21.4. The number of nitrogens with zero attached hydrogens (tertiary/aromatic N) is 1. The number of aliphatic hydroxyl groups is 1. The first-order chi connectivity index (χ1) is 15.4. The highest BCUT2D eigenvalue weighted by Gasteiger charge is 2.45. The van der Waals surface area contributed by atoms with E-state index >= 15 is 0 Å². The maximum Gasteiger partial charge on any atom is 0.308 e. The number of likely N-dealkylation sites (tertiary alicyclic amines) is 1. The minimum atomic E-state index is -0.769. The van der Waals surface area contributed by atoms with Gasteiger partial charge in [0.25, 0.3) is 11.7 Å². The Balaban J connectivity index is 1.79. The summed E-state index contributed by atoms with van der Waals surface area (Å²) in [5.41, 5.74) is 0.971. The van der Waals surface area contributed by atoms with Gasteiger partial charge in [-0.25, -0.2) is 0 Å². The number of hydrogen-bond acceptors (Lipinski definition) is 7. The predicted molar refractivity (Wildman–Crippen MR) is 114 cm³/mol. The Kier molecular flexibility index (Phi) is 5.85. The number of hydrogen-bond donors (Lipinski definition) is 1. The summed E-state index contributed by atoms with van der Waals surface area (Å²) in [6.45, 7) is 4.37. The second-order valence-electron chi connectivity index (χ2n) is 7.51. The van der Waals surface area contributed by atoms with E-state index in [4.69, 9.17) is 14.2 Å². The normalized spacial score (nSPS) is 19.2. The highest BCUT2D eigenvalue weighted by molar-refractivity contribution is 6.46. The summed E-state index contributed by atoms with van der Waals surface area (Å²) in [5.74, 6) is -0.788. The van der Waals surface area contributed by atoms with Crippen LogP contribution in [0.1, 0.15) is 37.4 Å². The lowest BCUT2D eigenvalue weighted by atomic mass is 9.95. The summed E-state index contributed by atoms with van der Waals surface area (Å²) in [6.07, 6.45) is 0.638. The molecular weight excluding hydrogens is 414 g/mol. The molecule has 0 spiro atoms. The van der Waals surface area contributed by atoms with Gasteiger partial charge in [0.1, 0.15) is 24.7 Å². The first-order valence-electron chi connectivity index (χ1n) is 10.4. The first-order valence-corrected chi connectivity index (χ1v) is 10.4. The van der Waals surface area contributed by atoms with Crippen LogP contribution in [-0.2, 0) is 14.4 Å². The van der Waals surface area contributed by atoms with E-state index in [9.17, 15) is 19.5 Å². The van der Waals surface area contributed by atoms with Crippen molar-refractivity contribution >= 4 is 23.4 Å². The van der Waals surface area contributed by atoms with Crippen molar-refractivity contribution in [1.82, 2.24) is 4.90 Å². The van der Waals surface area contributed by atoms with Crippen molar-refractivity contribution in [3.05, 3.63) is 59.2 Å². The van der Waals surface area contributed by atoms with Crippen molar-refractivity contribution in [2.75, 3.05) is 19.8 Å². The Hall–Kier alpha value is -3.81. The Morgan fingerprint density at radius 1 is 1.09 bits per heavy atom. The molecule has 0 saturated carbocycles. The van der Waals surface area contributed by atoms with E-state index in [-0.39, 0.29) is 11.3 Å². The molecule has 4 rings (SSSR count). The number of esters is 1. The number of Topliss-reactive ketones (excluding diaryl/α,β-unsaturated/α-hetero) is 1. The number of carbonyl (C=O) groups is 3. The average molecular weight is 437 g/mol. The Morgan fingerprint density at radius 3 is 2.44 bits per heavy atom. The van der Waals surface area contributed by atoms with Crippen LogP contribution in [0.15, 0.2) is 48.0 Å². The van der Waals surface area contributed by atoms with Crippen LogP contribution in [0.5, 0.6) is 17.2 Å². The van der Waals surface area contributed by atoms with E-state index in [2.05, 4.69) is 0 Å².